The molecule has 1 aromatic carbocycles. The number of amides is 1. The summed E-state index contributed by atoms with van der Waals surface area (Å²) in [6, 6.07) is 8.94. The minimum Gasteiger partial charge on any atom is -0.508 e. The molecule has 1 amide bonds. The van der Waals surface area contributed by atoms with Gasteiger partial charge in [0.2, 0.25) is 0 Å². The Morgan fingerprint density at radius 1 is 1.30 bits per heavy atom. The maximum absolute atomic E-state index is 12.3. The molecule has 0 fully saturated rings. The van der Waals surface area contributed by atoms with Gasteiger partial charge in [0.1, 0.15) is 5.75 Å². The lowest BCUT2D eigenvalue weighted by atomic mass is 10.0. The van der Waals surface area contributed by atoms with E-state index in [-0.39, 0.29) is 17.7 Å². The summed E-state index contributed by atoms with van der Waals surface area (Å²) in [5, 5.41) is 14.6. The Hall–Kier alpha value is -1.81. The zero-order valence-corrected chi connectivity index (χ0v) is 12.7. The number of hydrogen-bond acceptors (Lipinski definition) is 3. The molecule has 0 aliphatic carbocycles. The first-order chi connectivity index (χ1) is 9.49. The second-order valence-corrected chi connectivity index (χ2v) is 6.19. The minimum atomic E-state index is -0.111. The normalized spacial score (nSPS) is 12.4. The molecule has 1 atom stereocenters. The smallest absolute Gasteiger partial charge is 0.251 e. The summed E-state index contributed by atoms with van der Waals surface area (Å²) in [6.07, 6.45) is 0. The average molecular weight is 289 g/mol. The molecule has 0 bridgehead atoms. The molecule has 20 heavy (non-hydrogen) atoms. The van der Waals surface area contributed by atoms with Crippen molar-refractivity contribution in [3.63, 3.8) is 0 Å². The maximum Gasteiger partial charge on any atom is 0.251 e. The van der Waals surface area contributed by atoms with Crippen molar-refractivity contribution in [2.24, 2.45) is 5.92 Å². The van der Waals surface area contributed by atoms with Crippen LogP contribution in [0.5, 0.6) is 5.75 Å². The van der Waals surface area contributed by atoms with Crippen molar-refractivity contribution in [3.05, 3.63) is 51.7 Å². The van der Waals surface area contributed by atoms with Gasteiger partial charge >= 0.3 is 0 Å². The minimum absolute atomic E-state index is 0.0107. The van der Waals surface area contributed by atoms with E-state index < -0.39 is 0 Å². The van der Waals surface area contributed by atoms with Gasteiger partial charge in [-0.05, 0) is 48.1 Å². The highest BCUT2D eigenvalue weighted by Crippen LogP contribution is 2.26. The molecular weight excluding hydrogens is 270 g/mol. The van der Waals surface area contributed by atoms with E-state index in [0.29, 0.717) is 17.0 Å². The molecule has 106 valence electrons. The molecule has 2 rings (SSSR count). The van der Waals surface area contributed by atoms with Gasteiger partial charge in [-0.25, -0.2) is 0 Å². The second kappa shape index (κ2) is 6.09. The van der Waals surface area contributed by atoms with E-state index in [1.165, 1.54) is 0 Å². The lowest BCUT2D eigenvalue weighted by Gasteiger charge is -2.21. The van der Waals surface area contributed by atoms with Crippen molar-refractivity contribution in [2.45, 2.75) is 26.8 Å². The van der Waals surface area contributed by atoms with E-state index >= 15 is 0 Å². The Morgan fingerprint density at radius 3 is 2.60 bits per heavy atom. The first-order valence-electron chi connectivity index (χ1n) is 6.63. The van der Waals surface area contributed by atoms with Gasteiger partial charge in [-0.15, -0.1) is 11.3 Å². The van der Waals surface area contributed by atoms with Crippen molar-refractivity contribution in [2.75, 3.05) is 0 Å². The summed E-state index contributed by atoms with van der Waals surface area (Å²) in [6.45, 7) is 5.96. The van der Waals surface area contributed by atoms with Crippen LogP contribution in [-0.2, 0) is 0 Å². The van der Waals surface area contributed by atoms with Crippen molar-refractivity contribution >= 4 is 17.2 Å². The van der Waals surface area contributed by atoms with Crippen LogP contribution >= 0.6 is 11.3 Å². The molecule has 0 spiro atoms. The molecule has 3 nitrogen and oxygen atoms in total. The monoisotopic (exact) mass is 289 g/mol. The van der Waals surface area contributed by atoms with Crippen molar-refractivity contribution in [1.82, 2.24) is 5.32 Å². The average Bonchev–Trinajstić information content (AvgIpc) is 2.92. The number of phenols is 1. The lowest BCUT2D eigenvalue weighted by molar-refractivity contribution is 0.0926. The number of aromatic hydroxyl groups is 1. The van der Waals surface area contributed by atoms with Crippen LogP contribution in [0.2, 0.25) is 0 Å². The topological polar surface area (TPSA) is 49.3 Å². The molecule has 0 radical (unpaired) electrons. The third-order valence-electron chi connectivity index (χ3n) is 3.26. The van der Waals surface area contributed by atoms with Crippen LogP contribution in [0, 0.1) is 12.8 Å². The Bertz CT molecular complexity index is 591. The lowest BCUT2D eigenvalue weighted by Crippen LogP contribution is -2.31. The Labute approximate surface area is 123 Å². The Balaban J connectivity index is 2.18. The maximum atomic E-state index is 12.3. The largest absolute Gasteiger partial charge is 0.508 e. The third kappa shape index (κ3) is 3.20. The van der Waals surface area contributed by atoms with Crippen LogP contribution in [0.4, 0.5) is 0 Å². The number of benzene rings is 1. The number of phenolic OH excluding ortho intramolecular Hbond substituents is 1. The van der Waals surface area contributed by atoms with Crippen LogP contribution in [0.15, 0.2) is 35.7 Å². The van der Waals surface area contributed by atoms with Crippen LogP contribution in [0.3, 0.4) is 0 Å². The fraction of sp³-hybridized carbons (Fsp3) is 0.312. The molecule has 1 heterocycles. The number of nitrogens with one attached hydrogen (secondary N) is 1. The molecule has 4 heteroatoms. The standard InChI is InChI=1S/C16H19NO2S/c1-10(2)15(14-5-4-8-20-14)17-16(19)12-6-7-13(18)11(3)9-12/h4-10,15,18H,1-3H3,(H,17,19). The van der Waals surface area contributed by atoms with Gasteiger partial charge in [-0.1, -0.05) is 19.9 Å². The van der Waals surface area contributed by atoms with Gasteiger partial charge < -0.3 is 10.4 Å². The van der Waals surface area contributed by atoms with Crippen molar-refractivity contribution < 1.29 is 9.90 Å². The second-order valence-electron chi connectivity index (χ2n) is 5.21. The summed E-state index contributed by atoms with van der Waals surface area (Å²) < 4.78 is 0. The van der Waals surface area contributed by atoms with Gasteiger partial charge in [-0.2, -0.15) is 0 Å². The predicted molar refractivity (Wildman–Crippen MR) is 82.2 cm³/mol. The van der Waals surface area contributed by atoms with E-state index in [1.54, 1.807) is 36.5 Å². The zero-order valence-electron chi connectivity index (χ0n) is 11.9. The molecule has 1 aromatic heterocycles. The first kappa shape index (κ1) is 14.6. The fourth-order valence-electron chi connectivity index (χ4n) is 2.06. The molecular formula is C16H19NO2S. The van der Waals surface area contributed by atoms with E-state index in [9.17, 15) is 9.90 Å². The van der Waals surface area contributed by atoms with E-state index in [2.05, 4.69) is 19.2 Å². The SMILES string of the molecule is Cc1cc(C(=O)NC(c2cccs2)C(C)C)ccc1O. The van der Waals surface area contributed by atoms with Crippen molar-refractivity contribution in [3.8, 4) is 5.75 Å². The fourth-order valence-corrected chi connectivity index (χ4v) is 3.00. The van der Waals surface area contributed by atoms with Crippen LogP contribution < -0.4 is 5.32 Å². The zero-order chi connectivity index (χ0) is 14.7. The van der Waals surface area contributed by atoms with E-state index in [4.69, 9.17) is 0 Å². The van der Waals surface area contributed by atoms with Crippen LogP contribution in [0.1, 0.15) is 40.7 Å². The highest BCUT2D eigenvalue weighted by molar-refractivity contribution is 7.10. The summed E-state index contributed by atoms with van der Waals surface area (Å²) in [7, 11) is 0. The van der Waals surface area contributed by atoms with Gasteiger partial charge in [0.25, 0.3) is 5.91 Å². The first-order valence-corrected chi connectivity index (χ1v) is 7.51. The highest BCUT2D eigenvalue weighted by atomic mass is 32.1. The molecule has 0 saturated heterocycles. The Kier molecular flexibility index (Phi) is 4.45. The van der Waals surface area contributed by atoms with E-state index in [1.807, 2.05) is 17.5 Å². The summed E-state index contributed by atoms with van der Waals surface area (Å²) in [5.74, 6) is 0.413. The van der Waals surface area contributed by atoms with Crippen LogP contribution in [-0.4, -0.2) is 11.0 Å². The number of carbonyl (C=O) groups excluding carboxylic acids is 1. The predicted octanol–water partition coefficient (Wildman–Crippen LogP) is 3.89. The van der Waals surface area contributed by atoms with Gasteiger partial charge in [0.05, 0.1) is 6.04 Å². The molecule has 0 aliphatic heterocycles. The van der Waals surface area contributed by atoms with Gasteiger partial charge in [0, 0.05) is 10.4 Å². The number of rotatable bonds is 4. The van der Waals surface area contributed by atoms with Crippen molar-refractivity contribution in [1.29, 1.82) is 0 Å². The van der Waals surface area contributed by atoms with Crippen LogP contribution in [0.25, 0.3) is 0 Å². The number of thiophene rings is 1. The quantitative estimate of drug-likeness (QED) is 0.897. The van der Waals surface area contributed by atoms with Gasteiger partial charge in [-0.3, -0.25) is 4.79 Å². The van der Waals surface area contributed by atoms with E-state index in [0.717, 1.165) is 4.88 Å². The third-order valence-corrected chi connectivity index (χ3v) is 4.22. The summed E-state index contributed by atoms with van der Waals surface area (Å²) in [4.78, 5) is 13.5. The molecule has 2 N–H and O–H groups in total. The molecule has 2 aromatic rings. The summed E-state index contributed by atoms with van der Waals surface area (Å²) >= 11 is 1.65. The van der Waals surface area contributed by atoms with Gasteiger partial charge in [0.15, 0.2) is 0 Å². The Morgan fingerprint density at radius 2 is 2.05 bits per heavy atom. The molecule has 0 saturated carbocycles. The number of carbonyl (C=O) groups is 1. The molecule has 1 unspecified atom stereocenters. The number of aryl methyl sites for hydroxylation is 1. The number of hydrogen-bond donors (Lipinski definition) is 2. The summed E-state index contributed by atoms with van der Waals surface area (Å²) in [5.41, 5.74) is 1.28. The highest BCUT2D eigenvalue weighted by Gasteiger charge is 2.20. The molecule has 0 aliphatic rings.